The second-order valence-electron chi connectivity index (χ2n) is 6.15. The van der Waals surface area contributed by atoms with Gasteiger partial charge in [0.2, 0.25) is 6.41 Å². The first-order valence-electron chi connectivity index (χ1n) is 8.55. The summed E-state index contributed by atoms with van der Waals surface area (Å²) >= 11 is 5.84. The van der Waals surface area contributed by atoms with Gasteiger partial charge in [-0.2, -0.15) is 0 Å². The molecule has 0 unspecified atom stereocenters. The summed E-state index contributed by atoms with van der Waals surface area (Å²) in [6, 6.07) is 12.0. The molecule has 3 amide bonds. The van der Waals surface area contributed by atoms with Crippen LogP contribution in [0.15, 0.2) is 42.5 Å². The van der Waals surface area contributed by atoms with Crippen molar-refractivity contribution in [1.82, 2.24) is 20.1 Å². The van der Waals surface area contributed by atoms with E-state index >= 15 is 0 Å². The van der Waals surface area contributed by atoms with Crippen LogP contribution in [0.1, 0.15) is 26.5 Å². The Balaban J connectivity index is 1.62. The summed E-state index contributed by atoms with van der Waals surface area (Å²) in [5.74, 6) is -0.599. The largest absolute Gasteiger partial charge is 0.347 e. The molecular weight excluding hydrogens is 368 g/mol. The summed E-state index contributed by atoms with van der Waals surface area (Å²) in [7, 11) is 0. The molecule has 2 aromatic rings. The van der Waals surface area contributed by atoms with Crippen molar-refractivity contribution in [2.45, 2.75) is 6.54 Å². The van der Waals surface area contributed by atoms with Gasteiger partial charge in [0.15, 0.2) is 0 Å². The van der Waals surface area contributed by atoms with Crippen molar-refractivity contribution < 1.29 is 14.4 Å². The molecule has 1 aliphatic rings. The van der Waals surface area contributed by atoms with Gasteiger partial charge in [-0.1, -0.05) is 29.8 Å². The number of rotatable bonds is 5. The van der Waals surface area contributed by atoms with E-state index in [4.69, 9.17) is 11.6 Å². The molecule has 8 heteroatoms. The average molecular weight is 387 g/mol. The van der Waals surface area contributed by atoms with Crippen molar-refractivity contribution in [1.29, 1.82) is 0 Å². The minimum Gasteiger partial charge on any atom is -0.347 e. The molecule has 3 rings (SSSR count). The Labute approximate surface area is 161 Å². The van der Waals surface area contributed by atoms with E-state index in [-0.39, 0.29) is 23.2 Å². The van der Waals surface area contributed by atoms with Crippen LogP contribution in [0.3, 0.4) is 0 Å². The van der Waals surface area contributed by atoms with Crippen molar-refractivity contribution in [2.24, 2.45) is 0 Å². The number of carbonyl (C=O) groups excluding carboxylic acids is 3. The number of benzene rings is 1. The average Bonchev–Trinajstić information content (AvgIpc) is 2.72. The number of pyridine rings is 1. The van der Waals surface area contributed by atoms with E-state index in [0.29, 0.717) is 37.7 Å². The van der Waals surface area contributed by atoms with E-state index in [2.05, 4.69) is 10.3 Å². The lowest BCUT2D eigenvalue weighted by atomic mass is 10.2. The molecule has 1 fully saturated rings. The maximum Gasteiger partial charge on any atom is 0.272 e. The van der Waals surface area contributed by atoms with Crippen LogP contribution in [0.4, 0.5) is 0 Å². The summed E-state index contributed by atoms with van der Waals surface area (Å²) in [5, 5.41) is 3.41. The summed E-state index contributed by atoms with van der Waals surface area (Å²) in [4.78, 5) is 43.2. The molecular formula is C19H19ClN4O3. The minimum absolute atomic E-state index is 0.182. The molecule has 2 heterocycles. The number of hydrogen-bond acceptors (Lipinski definition) is 4. The van der Waals surface area contributed by atoms with Crippen LogP contribution < -0.4 is 5.32 Å². The van der Waals surface area contributed by atoms with Crippen molar-refractivity contribution in [2.75, 3.05) is 26.2 Å². The zero-order chi connectivity index (χ0) is 19.2. The normalized spacial score (nSPS) is 14.0. The summed E-state index contributed by atoms with van der Waals surface area (Å²) in [6.45, 7) is 2.23. The fourth-order valence-corrected chi connectivity index (χ4v) is 2.87. The maximum atomic E-state index is 12.6. The lowest BCUT2D eigenvalue weighted by molar-refractivity contribution is -0.119. The molecule has 0 radical (unpaired) electrons. The highest BCUT2D eigenvalue weighted by molar-refractivity contribution is 6.30. The van der Waals surface area contributed by atoms with Gasteiger partial charge >= 0.3 is 0 Å². The van der Waals surface area contributed by atoms with Crippen LogP contribution in [-0.2, 0) is 11.3 Å². The highest BCUT2D eigenvalue weighted by Gasteiger charge is 2.22. The van der Waals surface area contributed by atoms with E-state index in [1.807, 2.05) is 12.1 Å². The Morgan fingerprint density at radius 3 is 2.37 bits per heavy atom. The Kier molecular flexibility index (Phi) is 6.03. The van der Waals surface area contributed by atoms with Gasteiger partial charge in [0, 0.05) is 37.7 Å². The van der Waals surface area contributed by atoms with Crippen molar-refractivity contribution in [3.8, 4) is 0 Å². The first-order chi connectivity index (χ1) is 13.1. The molecule has 1 saturated heterocycles. The molecule has 7 nitrogen and oxygen atoms in total. The number of nitrogens with one attached hydrogen (secondary N) is 1. The lowest BCUT2D eigenvalue weighted by Crippen LogP contribution is -2.48. The van der Waals surface area contributed by atoms with E-state index in [1.165, 1.54) is 0 Å². The SMILES string of the molecule is O=CN1CCN(C(=O)c2cccc(C(=O)NCc3ccc(Cl)cc3)n2)CC1. The van der Waals surface area contributed by atoms with Crippen LogP contribution in [-0.4, -0.2) is 59.2 Å². The van der Waals surface area contributed by atoms with Crippen LogP contribution in [0, 0.1) is 0 Å². The summed E-state index contributed by atoms with van der Waals surface area (Å²) < 4.78 is 0. The zero-order valence-corrected chi connectivity index (χ0v) is 15.4. The number of hydrogen-bond donors (Lipinski definition) is 1. The third kappa shape index (κ3) is 4.83. The molecule has 0 atom stereocenters. The van der Waals surface area contributed by atoms with Crippen LogP contribution in [0.25, 0.3) is 0 Å². The Morgan fingerprint density at radius 1 is 1.04 bits per heavy atom. The maximum absolute atomic E-state index is 12.6. The first kappa shape index (κ1) is 18.8. The highest BCUT2D eigenvalue weighted by Crippen LogP contribution is 2.10. The third-order valence-corrected chi connectivity index (χ3v) is 4.57. The van der Waals surface area contributed by atoms with Crippen LogP contribution >= 0.6 is 11.6 Å². The Hall–Kier alpha value is -2.93. The van der Waals surface area contributed by atoms with Crippen LogP contribution in [0.5, 0.6) is 0 Å². The lowest BCUT2D eigenvalue weighted by Gasteiger charge is -2.32. The van der Waals surface area contributed by atoms with Gasteiger partial charge in [-0.05, 0) is 29.8 Å². The number of aromatic nitrogens is 1. The smallest absolute Gasteiger partial charge is 0.272 e. The number of nitrogens with zero attached hydrogens (tertiary/aromatic N) is 3. The summed E-state index contributed by atoms with van der Waals surface area (Å²) in [6.07, 6.45) is 0.783. The van der Waals surface area contributed by atoms with Gasteiger partial charge in [-0.25, -0.2) is 4.98 Å². The molecule has 27 heavy (non-hydrogen) atoms. The Morgan fingerprint density at radius 2 is 1.70 bits per heavy atom. The van der Waals surface area contributed by atoms with E-state index in [0.717, 1.165) is 12.0 Å². The molecule has 0 bridgehead atoms. The topological polar surface area (TPSA) is 82.6 Å². The van der Waals surface area contributed by atoms with Crippen molar-refractivity contribution in [3.05, 3.63) is 64.4 Å². The molecule has 1 aliphatic heterocycles. The minimum atomic E-state index is -0.356. The van der Waals surface area contributed by atoms with E-state index in [1.54, 1.807) is 40.1 Å². The van der Waals surface area contributed by atoms with E-state index < -0.39 is 0 Å². The predicted octanol–water partition coefficient (Wildman–Crippen LogP) is 1.58. The van der Waals surface area contributed by atoms with Gasteiger partial charge < -0.3 is 15.1 Å². The molecule has 0 aliphatic carbocycles. The highest BCUT2D eigenvalue weighted by atomic mass is 35.5. The number of carbonyl (C=O) groups is 3. The van der Waals surface area contributed by atoms with Gasteiger partial charge in [0.1, 0.15) is 11.4 Å². The van der Waals surface area contributed by atoms with Gasteiger partial charge in [-0.3, -0.25) is 14.4 Å². The fraction of sp³-hybridized carbons (Fsp3) is 0.263. The fourth-order valence-electron chi connectivity index (χ4n) is 2.75. The van der Waals surface area contributed by atoms with E-state index in [9.17, 15) is 14.4 Å². The summed E-state index contributed by atoms with van der Waals surface area (Å²) in [5.41, 5.74) is 1.31. The second-order valence-corrected chi connectivity index (χ2v) is 6.59. The van der Waals surface area contributed by atoms with Gasteiger partial charge in [-0.15, -0.1) is 0 Å². The monoisotopic (exact) mass is 386 g/mol. The second kappa shape index (κ2) is 8.64. The number of halogens is 1. The predicted molar refractivity (Wildman–Crippen MR) is 100 cm³/mol. The van der Waals surface area contributed by atoms with Crippen LogP contribution in [0.2, 0.25) is 5.02 Å². The molecule has 0 spiro atoms. The van der Waals surface area contributed by atoms with Crippen molar-refractivity contribution in [3.63, 3.8) is 0 Å². The van der Waals surface area contributed by atoms with Gasteiger partial charge in [0.05, 0.1) is 0 Å². The Bertz CT molecular complexity index is 833. The molecule has 1 aromatic carbocycles. The number of amides is 3. The zero-order valence-electron chi connectivity index (χ0n) is 14.6. The quantitative estimate of drug-likeness (QED) is 0.791. The molecule has 1 aromatic heterocycles. The number of piperazine rings is 1. The third-order valence-electron chi connectivity index (χ3n) is 4.32. The first-order valence-corrected chi connectivity index (χ1v) is 8.93. The van der Waals surface area contributed by atoms with Crippen molar-refractivity contribution >= 4 is 29.8 Å². The standard InChI is InChI=1S/C19H19ClN4O3/c20-15-6-4-14(5-7-15)12-21-18(26)16-2-1-3-17(22-16)19(27)24-10-8-23(13-25)9-11-24/h1-7,13H,8-12H2,(H,21,26). The molecule has 1 N–H and O–H groups in total. The molecule has 140 valence electrons. The molecule has 0 saturated carbocycles. The van der Waals surface area contributed by atoms with Gasteiger partial charge in [0.25, 0.3) is 11.8 Å².